The van der Waals surface area contributed by atoms with E-state index in [0.717, 1.165) is 0 Å². The third kappa shape index (κ3) is 4.03. The lowest BCUT2D eigenvalue weighted by atomic mass is 11.9. The molecular formula is CH4O2Si2. The first-order valence-corrected chi connectivity index (χ1v) is 5.42. The summed E-state index contributed by atoms with van der Waals surface area (Å²) in [4.78, 5) is 0. The second kappa shape index (κ2) is 2.28. The molecule has 0 aliphatic carbocycles. The number of hydrogen-bond donors (Lipinski definition) is 0. The van der Waals surface area contributed by atoms with Crippen molar-refractivity contribution in [2.24, 2.45) is 0 Å². The predicted molar refractivity (Wildman–Crippen MR) is 20.1 cm³/mol. The molecule has 0 radical (unpaired) electrons. The van der Waals surface area contributed by atoms with Crippen LogP contribution >= 0.6 is 0 Å². The fourth-order valence-corrected chi connectivity index (χ4v) is 0. The predicted octanol–water partition coefficient (Wildman–Crippen LogP) is -0.683. The van der Waals surface area contributed by atoms with Crippen molar-refractivity contribution >= 4 is 17.1 Å². The molecule has 0 aromatic heterocycles. The van der Waals surface area contributed by atoms with Gasteiger partial charge in [0.2, 0.25) is 0 Å². The van der Waals surface area contributed by atoms with E-state index in [4.69, 9.17) is 0 Å². The standard InChI is InChI=1S/CH4O2Si2/c1-5(3)4-2/h4H,1H3. The molecule has 4 heteroatoms. The summed E-state index contributed by atoms with van der Waals surface area (Å²) in [5.41, 5.74) is 0. The van der Waals surface area contributed by atoms with Crippen molar-refractivity contribution in [3.63, 3.8) is 0 Å². The average molecular weight is 104 g/mol. The molecule has 0 saturated heterocycles. The van der Waals surface area contributed by atoms with Gasteiger partial charge in [0.05, 0.1) is 0 Å². The zero-order valence-electron chi connectivity index (χ0n) is 2.89. The van der Waals surface area contributed by atoms with Crippen molar-refractivity contribution < 1.29 is 8.92 Å². The Balaban J connectivity index is 3.20. The highest BCUT2D eigenvalue weighted by molar-refractivity contribution is 6.96. The average Bonchev–Trinajstić information content (AvgIpc) is 1.38. The van der Waals surface area contributed by atoms with Crippen molar-refractivity contribution in [2.45, 2.75) is 6.55 Å². The highest BCUT2D eigenvalue weighted by Gasteiger charge is 1.85. The van der Waals surface area contributed by atoms with Crippen molar-refractivity contribution in [3.8, 4) is 0 Å². The van der Waals surface area contributed by atoms with Crippen LogP contribution in [0.5, 0.6) is 0 Å². The second-order valence-corrected chi connectivity index (χ2v) is 5.33. The lowest BCUT2D eigenvalue weighted by molar-refractivity contribution is 0.559. The maximum absolute atomic E-state index is 9.72. The van der Waals surface area contributed by atoms with Crippen molar-refractivity contribution in [1.29, 1.82) is 0 Å². The highest BCUT2D eigenvalue weighted by atomic mass is 29.2. The first kappa shape index (κ1) is 5.03. The fraction of sp³-hybridized carbons (Fsp3) is 1.00. The van der Waals surface area contributed by atoms with Gasteiger partial charge >= 0.3 is 17.1 Å². The van der Waals surface area contributed by atoms with Gasteiger partial charge in [-0.3, -0.25) is 0 Å². The van der Waals surface area contributed by atoms with E-state index in [1.807, 2.05) is 0 Å². The van der Waals surface area contributed by atoms with Crippen LogP contribution in [0.1, 0.15) is 0 Å². The van der Waals surface area contributed by atoms with E-state index in [1.54, 1.807) is 0 Å². The summed E-state index contributed by atoms with van der Waals surface area (Å²) in [6.07, 6.45) is 0. The molecule has 0 aliphatic rings. The minimum atomic E-state index is -1.60. The van der Waals surface area contributed by atoms with Gasteiger partial charge in [-0.2, -0.15) is 0 Å². The van der Waals surface area contributed by atoms with Gasteiger partial charge in [-0.1, -0.05) is 0 Å². The Labute approximate surface area is 33.5 Å². The molecule has 2 nitrogen and oxygen atoms in total. The van der Waals surface area contributed by atoms with Crippen LogP contribution in [0.15, 0.2) is 0 Å². The number of rotatable bonds is 1. The molecular weight excluding hydrogens is 100 g/mol. The van der Waals surface area contributed by atoms with E-state index < -0.39 is 17.1 Å². The molecule has 0 saturated carbocycles. The smallest absolute Gasteiger partial charge is 0.319 e. The minimum absolute atomic E-state index is 0.972. The monoisotopic (exact) mass is 104 g/mol. The molecule has 0 rings (SSSR count). The van der Waals surface area contributed by atoms with Crippen molar-refractivity contribution in [3.05, 3.63) is 0 Å². The maximum Gasteiger partial charge on any atom is 0.319 e. The van der Waals surface area contributed by atoms with Gasteiger partial charge in [-0.25, -0.2) is 0 Å². The molecule has 28 valence electrons. The van der Waals surface area contributed by atoms with E-state index in [1.165, 1.54) is 6.55 Å². The summed E-state index contributed by atoms with van der Waals surface area (Å²) in [5.74, 6) is 0. The molecule has 0 atom stereocenters. The molecule has 0 unspecified atom stereocenters. The van der Waals surface area contributed by atoms with Crippen LogP contribution in [-0.4, -0.2) is 17.1 Å². The van der Waals surface area contributed by atoms with Crippen molar-refractivity contribution in [2.75, 3.05) is 0 Å². The van der Waals surface area contributed by atoms with Crippen LogP contribution < -0.4 is 0 Å². The first-order chi connectivity index (χ1) is 2.27. The number of hydrogen-bond acceptors (Lipinski definition) is 2. The van der Waals surface area contributed by atoms with E-state index in [9.17, 15) is 8.92 Å². The van der Waals surface area contributed by atoms with E-state index >= 15 is 0 Å². The SMILES string of the molecule is C[Si](=O)[SiH]=O. The van der Waals surface area contributed by atoms with Gasteiger partial charge in [-0.15, -0.1) is 0 Å². The van der Waals surface area contributed by atoms with E-state index in [2.05, 4.69) is 0 Å². The third-order valence-corrected chi connectivity index (χ3v) is 1.49. The van der Waals surface area contributed by atoms with Crippen LogP contribution in [0.4, 0.5) is 0 Å². The van der Waals surface area contributed by atoms with Gasteiger partial charge in [0, 0.05) is 0 Å². The zero-order chi connectivity index (χ0) is 4.28. The maximum atomic E-state index is 9.72. The molecule has 0 aliphatic heterocycles. The summed E-state index contributed by atoms with van der Waals surface area (Å²) in [6.45, 7) is 1.49. The molecule has 0 aromatic carbocycles. The van der Waals surface area contributed by atoms with Crippen molar-refractivity contribution in [1.82, 2.24) is 0 Å². The summed E-state index contributed by atoms with van der Waals surface area (Å²) in [5, 5.41) is 0. The molecule has 5 heavy (non-hydrogen) atoms. The molecule has 0 heterocycles. The third-order valence-electron chi connectivity index (χ3n) is 0.166. The van der Waals surface area contributed by atoms with Crippen LogP contribution in [-0.2, 0) is 8.92 Å². The summed E-state index contributed by atoms with van der Waals surface area (Å²) < 4.78 is 19.2. The highest BCUT2D eigenvalue weighted by Crippen LogP contribution is 1.43. The van der Waals surface area contributed by atoms with E-state index in [-0.39, 0.29) is 0 Å². The zero-order valence-corrected chi connectivity index (χ0v) is 5.05. The minimum Gasteiger partial charge on any atom is -0.388 e. The van der Waals surface area contributed by atoms with Gasteiger partial charge < -0.3 is 8.92 Å². The summed E-state index contributed by atoms with van der Waals surface area (Å²) in [7, 11) is -2.57. The Morgan fingerprint density at radius 2 is 2.00 bits per heavy atom. The van der Waals surface area contributed by atoms with E-state index in [0.29, 0.717) is 0 Å². The summed E-state index contributed by atoms with van der Waals surface area (Å²) in [6, 6.07) is 0. The molecule has 0 fully saturated rings. The van der Waals surface area contributed by atoms with Crippen LogP contribution in [0, 0.1) is 0 Å². The fourth-order valence-electron chi connectivity index (χ4n) is 0. The second-order valence-electron chi connectivity index (χ2n) is 0.729. The molecule has 0 bridgehead atoms. The molecule has 0 amide bonds. The van der Waals surface area contributed by atoms with Gasteiger partial charge in [0.15, 0.2) is 0 Å². The quantitative estimate of drug-likeness (QED) is 0.413. The van der Waals surface area contributed by atoms with Crippen LogP contribution in [0.2, 0.25) is 6.55 Å². The van der Waals surface area contributed by atoms with Gasteiger partial charge in [-0.05, 0) is 6.55 Å². The first-order valence-electron chi connectivity index (χ1n) is 1.23. The Morgan fingerprint density at radius 3 is 2.00 bits per heavy atom. The lowest BCUT2D eigenvalue weighted by Gasteiger charge is -1.51. The largest absolute Gasteiger partial charge is 0.388 e. The van der Waals surface area contributed by atoms with Gasteiger partial charge in [0.1, 0.15) is 0 Å². The Morgan fingerprint density at radius 1 is 1.80 bits per heavy atom. The normalized spacial score (nSPS) is 6.60. The summed E-state index contributed by atoms with van der Waals surface area (Å²) >= 11 is 0. The van der Waals surface area contributed by atoms with Gasteiger partial charge in [0.25, 0.3) is 0 Å². The molecule has 0 aromatic rings. The molecule has 0 N–H and O–H groups in total. The Kier molecular flexibility index (Phi) is 2.30. The Bertz CT molecular complexity index is 58.7. The lowest BCUT2D eigenvalue weighted by Crippen LogP contribution is -1.92. The van der Waals surface area contributed by atoms with Crippen LogP contribution in [0.25, 0.3) is 0 Å². The molecule has 0 spiro atoms. The topological polar surface area (TPSA) is 34.1 Å². The van der Waals surface area contributed by atoms with Crippen LogP contribution in [0.3, 0.4) is 0 Å². The Hall–Kier alpha value is 0.0338.